The van der Waals surface area contributed by atoms with Gasteiger partial charge in [0.15, 0.2) is 4.34 Å². The summed E-state index contributed by atoms with van der Waals surface area (Å²) in [7, 11) is 0. The van der Waals surface area contributed by atoms with Crippen LogP contribution in [0.2, 0.25) is 0 Å². The topological polar surface area (TPSA) is 89.1 Å². The van der Waals surface area contributed by atoms with Crippen LogP contribution in [0.1, 0.15) is 5.01 Å². The van der Waals surface area contributed by atoms with E-state index in [1.54, 1.807) is 0 Å². The number of nitrogens with two attached hydrogens (primary N) is 1. The van der Waals surface area contributed by atoms with Crippen LogP contribution in [-0.2, 0) is 4.79 Å². The van der Waals surface area contributed by atoms with Crippen molar-refractivity contribution in [2.75, 3.05) is 5.75 Å². The Labute approximate surface area is 83.4 Å². The maximum absolute atomic E-state index is 10.4. The molecule has 7 heteroatoms. The molecule has 13 heavy (non-hydrogen) atoms. The number of hydrogen-bond donors (Lipinski definition) is 2. The molecule has 0 radical (unpaired) electrons. The number of aliphatic carboxylic acids is 1. The number of aromatic nitrogens is 2. The van der Waals surface area contributed by atoms with Crippen molar-refractivity contribution in [2.45, 2.75) is 17.3 Å². The summed E-state index contributed by atoms with van der Waals surface area (Å²) in [6.07, 6.45) is 0. The molecule has 0 amide bonds. The van der Waals surface area contributed by atoms with E-state index in [4.69, 9.17) is 10.8 Å². The molecule has 1 atom stereocenters. The van der Waals surface area contributed by atoms with Gasteiger partial charge in [-0.3, -0.25) is 4.79 Å². The Hall–Kier alpha value is -0.660. The minimum atomic E-state index is -0.992. The van der Waals surface area contributed by atoms with Gasteiger partial charge in [-0.1, -0.05) is 23.1 Å². The van der Waals surface area contributed by atoms with Crippen LogP contribution < -0.4 is 5.73 Å². The monoisotopic (exact) mass is 219 g/mol. The van der Waals surface area contributed by atoms with Crippen molar-refractivity contribution in [1.82, 2.24) is 10.2 Å². The Morgan fingerprint density at radius 1 is 1.77 bits per heavy atom. The Morgan fingerprint density at radius 2 is 2.46 bits per heavy atom. The summed E-state index contributed by atoms with van der Waals surface area (Å²) < 4.78 is 0.759. The van der Waals surface area contributed by atoms with Crippen molar-refractivity contribution in [3.05, 3.63) is 5.01 Å². The van der Waals surface area contributed by atoms with Crippen molar-refractivity contribution in [3.63, 3.8) is 0 Å². The van der Waals surface area contributed by atoms with Crippen LogP contribution in [0.4, 0.5) is 0 Å². The van der Waals surface area contributed by atoms with Crippen LogP contribution in [0, 0.1) is 6.92 Å². The molecule has 0 aliphatic carbocycles. The zero-order chi connectivity index (χ0) is 9.84. The first-order valence-corrected chi connectivity index (χ1v) is 5.31. The van der Waals surface area contributed by atoms with E-state index in [9.17, 15) is 4.79 Å². The van der Waals surface area contributed by atoms with Crippen LogP contribution >= 0.6 is 23.1 Å². The Morgan fingerprint density at radius 3 is 2.92 bits per heavy atom. The molecule has 1 aromatic rings. The lowest BCUT2D eigenvalue weighted by Gasteiger charge is -2.02. The lowest BCUT2D eigenvalue weighted by atomic mass is 10.4. The predicted molar refractivity (Wildman–Crippen MR) is 51.0 cm³/mol. The van der Waals surface area contributed by atoms with Gasteiger partial charge in [0.2, 0.25) is 0 Å². The SMILES string of the molecule is Cc1nnc(SC[C@@H](N)C(=O)O)s1. The molecule has 0 saturated carbocycles. The summed E-state index contributed by atoms with van der Waals surface area (Å²) in [6, 6.07) is -0.839. The minimum Gasteiger partial charge on any atom is -0.480 e. The van der Waals surface area contributed by atoms with E-state index in [1.807, 2.05) is 6.92 Å². The molecule has 1 aromatic heterocycles. The van der Waals surface area contributed by atoms with Crippen LogP contribution in [-0.4, -0.2) is 33.1 Å². The second-order valence-electron chi connectivity index (χ2n) is 2.34. The number of carboxylic acids is 1. The quantitative estimate of drug-likeness (QED) is 0.710. The zero-order valence-electron chi connectivity index (χ0n) is 6.93. The molecular formula is C6H9N3O2S2. The van der Waals surface area contributed by atoms with Crippen LogP contribution in [0.3, 0.4) is 0 Å². The highest BCUT2D eigenvalue weighted by Gasteiger charge is 2.12. The highest BCUT2D eigenvalue weighted by molar-refractivity contribution is 8.01. The second-order valence-corrected chi connectivity index (χ2v) is 4.79. The van der Waals surface area contributed by atoms with Gasteiger partial charge in [0, 0.05) is 5.75 Å². The largest absolute Gasteiger partial charge is 0.480 e. The molecule has 0 fully saturated rings. The molecule has 0 unspecified atom stereocenters. The Balaban J connectivity index is 2.39. The van der Waals surface area contributed by atoms with E-state index >= 15 is 0 Å². The molecule has 5 nitrogen and oxygen atoms in total. The molecule has 0 aliphatic rings. The van der Waals surface area contributed by atoms with Gasteiger partial charge in [0.1, 0.15) is 11.0 Å². The third-order valence-corrected chi connectivity index (χ3v) is 3.30. The van der Waals surface area contributed by atoms with E-state index in [2.05, 4.69) is 10.2 Å². The number of aryl methyl sites for hydroxylation is 1. The van der Waals surface area contributed by atoms with Gasteiger partial charge >= 0.3 is 5.97 Å². The number of nitrogens with zero attached hydrogens (tertiary/aromatic N) is 2. The predicted octanol–water partition coefficient (Wildman–Crippen LogP) is 0.351. The van der Waals surface area contributed by atoms with Gasteiger partial charge in [-0.25, -0.2) is 0 Å². The summed E-state index contributed by atoms with van der Waals surface area (Å²) in [6.45, 7) is 1.85. The third kappa shape index (κ3) is 3.29. The smallest absolute Gasteiger partial charge is 0.321 e. The molecule has 1 rings (SSSR count). The summed E-state index contributed by atoms with van der Waals surface area (Å²) in [5.74, 6) is -0.669. The molecular weight excluding hydrogens is 210 g/mol. The number of rotatable bonds is 4. The average Bonchev–Trinajstić information content (AvgIpc) is 2.47. The maximum Gasteiger partial charge on any atom is 0.321 e. The van der Waals surface area contributed by atoms with Crippen molar-refractivity contribution in [1.29, 1.82) is 0 Å². The summed E-state index contributed by atoms with van der Waals surface area (Å²) >= 11 is 2.75. The molecule has 3 N–H and O–H groups in total. The summed E-state index contributed by atoms with van der Waals surface area (Å²) in [4.78, 5) is 10.4. The minimum absolute atomic E-state index is 0.323. The zero-order valence-corrected chi connectivity index (χ0v) is 8.56. The molecule has 0 bridgehead atoms. The molecule has 0 saturated heterocycles. The van der Waals surface area contributed by atoms with Gasteiger partial charge < -0.3 is 10.8 Å². The first-order chi connectivity index (χ1) is 6.09. The van der Waals surface area contributed by atoms with E-state index < -0.39 is 12.0 Å². The average molecular weight is 219 g/mol. The number of carbonyl (C=O) groups is 1. The molecule has 72 valence electrons. The van der Waals surface area contributed by atoms with E-state index in [0.717, 1.165) is 9.35 Å². The highest BCUT2D eigenvalue weighted by atomic mass is 32.2. The highest BCUT2D eigenvalue weighted by Crippen LogP contribution is 2.21. The van der Waals surface area contributed by atoms with Crippen molar-refractivity contribution < 1.29 is 9.90 Å². The van der Waals surface area contributed by atoms with Gasteiger partial charge in [0.05, 0.1) is 0 Å². The van der Waals surface area contributed by atoms with Gasteiger partial charge in [0.25, 0.3) is 0 Å². The fraction of sp³-hybridized carbons (Fsp3) is 0.500. The van der Waals surface area contributed by atoms with Gasteiger partial charge in [-0.15, -0.1) is 10.2 Å². The number of carboxylic acid groups (broad SMARTS) is 1. The fourth-order valence-corrected chi connectivity index (χ4v) is 2.35. The second kappa shape index (κ2) is 4.54. The molecule has 0 spiro atoms. The molecule has 0 aliphatic heterocycles. The van der Waals surface area contributed by atoms with Crippen LogP contribution in [0.5, 0.6) is 0 Å². The van der Waals surface area contributed by atoms with Gasteiger partial charge in [-0.2, -0.15) is 0 Å². The number of hydrogen-bond acceptors (Lipinski definition) is 6. The molecule has 0 aromatic carbocycles. The normalized spacial score (nSPS) is 12.8. The van der Waals surface area contributed by atoms with Crippen molar-refractivity contribution >= 4 is 29.1 Å². The summed E-state index contributed by atoms with van der Waals surface area (Å²) in [5.41, 5.74) is 5.31. The Kier molecular flexibility index (Phi) is 3.64. The van der Waals surface area contributed by atoms with E-state index in [-0.39, 0.29) is 0 Å². The first kappa shape index (κ1) is 10.4. The molecule has 1 heterocycles. The van der Waals surface area contributed by atoms with Crippen molar-refractivity contribution in [3.8, 4) is 0 Å². The fourth-order valence-electron chi connectivity index (χ4n) is 0.569. The van der Waals surface area contributed by atoms with Crippen LogP contribution in [0.15, 0.2) is 4.34 Å². The first-order valence-electron chi connectivity index (χ1n) is 3.51. The van der Waals surface area contributed by atoms with E-state index in [1.165, 1.54) is 23.1 Å². The lowest BCUT2D eigenvalue weighted by Crippen LogP contribution is -2.32. The summed E-state index contributed by atoms with van der Waals surface area (Å²) in [5, 5.41) is 17.0. The van der Waals surface area contributed by atoms with E-state index in [0.29, 0.717) is 5.75 Å². The van der Waals surface area contributed by atoms with Crippen LogP contribution in [0.25, 0.3) is 0 Å². The third-order valence-electron chi connectivity index (χ3n) is 1.21. The standard InChI is InChI=1S/C6H9N3O2S2/c1-3-8-9-6(13-3)12-2-4(7)5(10)11/h4H,2,7H2,1H3,(H,10,11)/t4-/m1/s1. The maximum atomic E-state index is 10.4. The Bertz CT molecular complexity index is 302. The lowest BCUT2D eigenvalue weighted by molar-refractivity contribution is -0.137. The van der Waals surface area contributed by atoms with Crippen molar-refractivity contribution in [2.24, 2.45) is 5.73 Å². The van der Waals surface area contributed by atoms with Gasteiger partial charge in [-0.05, 0) is 6.92 Å². The number of thioether (sulfide) groups is 1.